The molecule has 1 fully saturated rings. The zero-order valence-electron chi connectivity index (χ0n) is 13.0. The Labute approximate surface area is 139 Å². The molecule has 1 saturated heterocycles. The van der Waals surface area contributed by atoms with Crippen LogP contribution < -0.4 is 5.32 Å². The number of anilines is 1. The maximum atomic E-state index is 12.0. The van der Waals surface area contributed by atoms with Gasteiger partial charge in [-0.3, -0.25) is 0 Å². The quantitative estimate of drug-likeness (QED) is 0.866. The number of hydrogen-bond acceptors (Lipinski definition) is 4. The summed E-state index contributed by atoms with van der Waals surface area (Å²) in [6, 6.07) is 7.85. The van der Waals surface area contributed by atoms with Crippen LogP contribution in [0.4, 0.5) is 10.5 Å². The number of likely N-dealkylation sites (tertiary alicyclic amines) is 1. The van der Waals surface area contributed by atoms with Crippen molar-refractivity contribution in [1.82, 2.24) is 4.90 Å². The first-order chi connectivity index (χ1) is 10.3. The summed E-state index contributed by atoms with van der Waals surface area (Å²) in [5, 5.41) is 12.5. The molecule has 1 aromatic carbocycles. The fourth-order valence-corrected chi connectivity index (χ4v) is 2.69. The molecule has 0 spiro atoms. The summed E-state index contributed by atoms with van der Waals surface area (Å²) in [6.07, 6.45) is 0.549. The first-order valence-electron chi connectivity index (χ1n) is 7.22. The molecule has 1 aliphatic rings. The Morgan fingerprint density at radius 2 is 2.23 bits per heavy atom. The topological polar surface area (TPSA) is 65.4 Å². The molecule has 6 heteroatoms. The minimum Gasteiger partial charge on any atom is -0.444 e. The van der Waals surface area contributed by atoms with E-state index in [1.807, 2.05) is 32.9 Å². The Balaban J connectivity index is 1.97. The van der Waals surface area contributed by atoms with Gasteiger partial charge in [0.1, 0.15) is 11.7 Å². The van der Waals surface area contributed by atoms with E-state index in [-0.39, 0.29) is 12.1 Å². The van der Waals surface area contributed by atoms with Crippen molar-refractivity contribution in [2.24, 2.45) is 0 Å². The van der Waals surface area contributed by atoms with Crippen LogP contribution in [0.3, 0.4) is 0 Å². The van der Waals surface area contributed by atoms with Crippen LogP contribution in [0.25, 0.3) is 0 Å². The molecular weight excluding hydrogens is 346 g/mol. The zero-order chi connectivity index (χ0) is 16.3. The van der Waals surface area contributed by atoms with Crippen molar-refractivity contribution in [3.05, 3.63) is 28.2 Å². The molecule has 22 heavy (non-hydrogen) atoms. The molecule has 1 aromatic rings. The average Bonchev–Trinajstić information content (AvgIpc) is 2.87. The Kier molecular flexibility index (Phi) is 4.97. The smallest absolute Gasteiger partial charge is 0.410 e. The van der Waals surface area contributed by atoms with E-state index in [0.29, 0.717) is 18.7 Å². The molecule has 2 rings (SSSR count). The first-order valence-corrected chi connectivity index (χ1v) is 8.02. The number of amides is 1. The Morgan fingerprint density at radius 1 is 1.50 bits per heavy atom. The normalized spacial score (nSPS) is 18.0. The minimum absolute atomic E-state index is 0.126. The molecule has 0 aliphatic carbocycles. The number of halogens is 1. The number of nitriles is 1. The third-order valence-electron chi connectivity index (χ3n) is 3.30. The van der Waals surface area contributed by atoms with E-state index in [1.54, 1.807) is 11.0 Å². The SMILES string of the molecule is CC(C)(C)OC(=O)N1CCC(Nc2ccc(Br)cc2C#N)C1. The van der Waals surface area contributed by atoms with Gasteiger partial charge < -0.3 is 15.0 Å². The number of benzene rings is 1. The maximum Gasteiger partial charge on any atom is 0.410 e. The predicted octanol–water partition coefficient (Wildman–Crippen LogP) is 3.74. The van der Waals surface area contributed by atoms with Crippen molar-refractivity contribution in [1.29, 1.82) is 5.26 Å². The van der Waals surface area contributed by atoms with Crippen LogP contribution >= 0.6 is 15.9 Å². The second kappa shape index (κ2) is 6.57. The van der Waals surface area contributed by atoms with E-state index in [9.17, 15) is 10.1 Å². The molecule has 0 saturated carbocycles. The van der Waals surface area contributed by atoms with E-state index >= 15 is 0 Å². The molecule has 5 nitrogen and oxygen atoms in total. The lowest BCUT2D eigenvalue weighted by atomic mass is 10.1. The Morgan fingerprint density at radius 3 is 2.86 bits per heavy atom. The van der Waals surface area contributed by atoms with Gasteiger partial charge in [0.05, 0.1) is 11.3 Å². The van der Waals surface area contributed by atoms with Crippen LogP contribution in [0.5, 0.6) is 0 Å². The summed E-state index contributed by atoms with van der Waals surface area (Å²) in [4.78, 5) is 13.7. The Hall–Kier alpha value is -1.74. The molecule has 1 atom stereocenters. The minimum atomic E-state index is -0.484. The lowest BCUT2D eigenvalue weighted by molar-refractivity contribution is 0.0293. The number of nitrogens with one attached hydrogen (secondary N) is 1. The van der Waals surface area contributed by atoms with E-state index in [2.05, 4.69) is 27.3 Å². The monoisotopic (exact) mass is 365 g/mol. The number of rotatable bonds is 2. The van der Waals surface area contributed by atoms with Gasteiger partial charge in [0, 0.05) is 23.6 Å². The molecule has 0 bridgehead atoms. The molecule has 1 aliphatic heterocycles. The van der Waals surface area contributed by atoms with Gasteiger partial charge >= 0.3 is 6.09 Å². The predicted molar refractivity (Wildman–Crippen MR) is 88.7 cm³/mol. The molecule has 118 valence electrons. The van der Waals surface area contributed by atoms with E-state index < -0.39 is 5.60 Å². The van der Waals surface area contributed by atoms with Crippen molar-refractivity contribution in [3.8, 4) is 6.07 Å². The molecule has 1 N–H and O–H groups in total. The summed E-state index contributed by atoms with van der Waals surface area (Å²) in [6.45, 7) is 6.81. The average molecular weight is 366 g/mol. The van der Waals surface area contributed by atoms with Gasteiger partial charge in [0.15, 0.2) is 0 Å². The lowest BCUT2D eigenvalue weighted by Gasteiger charge is -2.24. The zero-order valence-corrected chi connectivity index (χ0v) is 14.6. The highest BCUT2D eigenvalue weighted by Crippen LogP contribution is 2.23. The molecule has 1 amide bonds. The van der Waals surface area contributed by atoms with E-state index in [1.165, 1.54) is 0 Å². The first kappa shape index (κ1) is 16.6. The second-order valence-corrected chi connectivity index (χ2v) is 7.27. The summed E-state index contributed by atoms with van der Waals surface area (Å²) in [5.74, 6) is 0. The van der Waals surface area contributed by atoms with Crippen LogP contribution in [-0.4, -0.2) is 35.7 Å². The highest BCUT2D eigenvalue weighted by molar-refractivity contribution is 9.10. The molecule has 1 heterocycles. The summed E-state index contributed by atoms with van der Waals surface area (Å²) in [5.41, 5.74) is 0.897. The van der Waals surface area contributed by atoms with E-state index in [4.69, 9.17) is 4.74 Å². The number of hydrogen-bond donors (Lipinski definition) is 1. The largest absolute Gasteiger partial charge is 0.444 e. The number of ether oxygens (including phenoxy) is 1. The number of carbonyl (C=O) groups is 1. The summed E-state index contributed by atoms with van der Waals surface area (Å²) < 4.78 is 6.25. The fourth-order valence-electron chi connectivity index (χ4n) is 2.33. The molecule has 0 radical (unpaired) electrons. The number of nitrogens with zero attached hydrogens (tertiary/aromatic N) is 2. The van der Waals surface area contributed by atoms with Crippen LogP contribution in [-0.2, 0) is 4.74 Å². The van der Waals surface area contributed by atoms with Crippen LogP contribution in [0.15, 0.2) is 22.7 Å². The third kappa shape index (κ3) is 4.38. The number of carbonyl (C=O) groups excluding carboxylic acids is 1. The van der Waals surface area contributed by atoms with Gasteiger partial charge in [0.2, 0.25) is 0 Å². The maximum absolute atomic E-state index is 12.0. The van der Waals surface area contributed by atoms with Gasteiger partial charge in [0.25, 0.3) is 0 Å². The van der Waals surface area contributed by atoms with Crippen LogP contribution in [0, 0.1) is 11.3 Å². The second-order valence-electron chi connectivity index (χ2n) is 6.36. The highest BCUT2D eigenvalue weighted by atomic mass is 79.9. The third-order valence-corrected chi connectivity index (χ3v) is 3.79. The van der Waals surface area contributed by atoms with Crippen molar-refractivity contribution < 1.29 is 9.53 Å². The van der Waals surface area contributed by atoms with Crippen molar-refractivity contribution in [2.45, 2.75) is 38.8 Å². The summed E-state index contributed by atoms with van der Waals surface area (Å²) in [7, 11) is 0. The summed E-state index contributed by atoms with van der Waals surface area (Å²) >= 11 is 3.36. The molecular formula is C16H20BrN3O2. The van der Waals surface area contributed by atoms with Gasteiger partial charge in [-0.2, -0.15) is 5.26 Å². The van der Waals surface area contributed by atoms with Gasteiger partial charge in [-0.15, -0.1) is 0 Å². The van der Waals surface area contributed by atoms with Gasteiger partial charge in [-0.1, -0.05) is 15.9 Å². The van der Waals surface area contributed by atoms with Crippen LogP contribution in [0.1, 0.15) is 32.8 Å². The fraction of sp³-hybridized carbons (Fsp3) is 0.500. The van der Waals surface area contributed by atoms with Gasteiger partial charge in [-0.05, 0) is 45.4 Å². The lowest BCUT2D eigenvalue weighted by Crippen LogP contribution is -2.36. The molecule has 0 aromatic heterocycles. The van der Waals surface area contributed by atoms with Crippen molar-refractivity contribution >= 4 is 27.7 Å². The standard InChI is InChI=1S/C16H20BrN3O2/c1-16(2,3)22-15(21)20-7-6-13(10-20)19-14-5-4-12(17)8-11(14)9-18/h4-5,8,13,19H,6-7,10H2,1-3H3. The van der Waals surface area contributed by atoms with Crippen molar-refractivity contribution in [3.63, 3.8) is 0 Å². The van der Waals surface area contributed by atoms with Crippen molar-refractivity contribution in [2.75, 3.05) is 18.4 Å². The van der Waals surface area contributed by atoms with Gasteiger partial charge in [-0.25, -0.2) is 4.79 Å². The highest BCUT2D eigenvalue weighted by Gasteiger charge is 2.29. The molecule has 1 unspecified atom stereocenters. The Bertz CT molecular complexity index is 604. The van der Waals surface area contributed by atoms with Crippen LogP contribution in [0.2, 0.25) is 0 Å². The van der Waals surface area contributed by atoms with E-state index in [0.717, 1.165) is 16.6 Å².